The first kappa shape index (κ1) is 24.0. The van der Waals surface area contributed by atoms with Crippen LogP contribution in [-0.2, 0) is 20.4 Å². The normalized spacial score (nSPS) is 29.0. The van der Waals surface area contributed by atoms with E-state index in [0.717, 1.165) is 11.3 Å². The lowest BCUT2D eigenvalue weighted by Crippen LogP contribution is -2.61. The van der Waals surface area contributed by atoms with Crippen LogP contribution in [0.25, 0.3) is 0 Å². The standard InChI is InChI=1S/C21H30N6O5S2/c1-21(2,29)14-8-23-19(24-9-14)26-5-4-25(34(30,31)20-22-3-6-33-20)10-16(26)11-27-15-7-18(28)17(27)13-32-12-15/h3,6,8-9,15-18,28-29H,4-5,7,10-13H2,1-2H3/t15?,16-,17?,18?/m1/s1. The molecule has 5 rings (SSSR count). The molecule has 0 saturated carbocycles. The monoisotopic (exact) mass is 510 g/mol. The number of anilines is 1. The summed E-state index contributed by atoms with van der Waals surface area (Å²) in [5.74, 6) is 0.491. The van der Waals surface area contributed by atoms with Gasteiger partial charge in [-0.05, 0) is 20.3 Å². The Bertz CT molecular complexity index is 1090. The van der Waals surface area contributed by atoms with Crippen molar-refractivity contribution in [3.05, 3.63) is 29.5 Å². The second-order valence-electron chi connectivity index (χ2n) is 9.60. The van der Waals surface area contributed by atoms with E-state index in [0.29, 0.717) is 44.2 Å². The molecule has 0 aliphatic carbocycles. The molecule has 3 aliphatic rings. The van der Waals surface area contributed by atoms with Gasteiger partial charge >= 0.3 is 0 Å². The second kappa shape index (κ2) is 9.04. The van der Waals surface area contributed by atoms with Crippen LogP contribution in [0.3, 0.4) is 0 Å². The van der Waals surface area contributed by atoms with Crippen molar-refractivity contribution in [2.75, 3.05) is 44.3 Å². The molecule has 3 unspecified atom stereocenters. The van der Waals surface area contributed by atoms with Crippen molar-refractivity contribution in [3.63, 3.8) is 0 Å². The van der Waals surface area contributed by atoms with Crippen LogP contribution >= 0.6 is 11.3 Å². The van der Waals surface area contributed by atoms with E-state index in [-0.39, 0.29) is 35.6 Å². The average Bonchev–Trinajstić information content (AvgIpc) is 3.39. The Labute approximate surface area is 203 Å². The molecule has 186 valence electrons. The van der Waals surface area contributed by atoms with Gasteiger partial charge in [-0.25, -0.2) is 23.4 Å². The van der Waals surface area contributed by atoms with Gasteiger partial charge in [0.05, 0.1) is 37.0 Å². The van der Waals surface area contributed by atoms with E-state index in [4.69, 9.17) is 4.74 Å². The molecular weight excluding hydrogens is 480 g/mol. The summed E-state index contributed by atoms with van der Waals surface area (Å²) in [7, 11) is -3.70. The zero-order chi connectivity index (χ0) is 24.1. The summed E-state index contributed by atoms with van der Waals surface area (Å²) in [4.78, 5) is 17.3. The minimum absolute atomic E-state index is 0.0901. The first-order valence-corrected chi connectivity index (χ1v) is 13.7. The maximum absolute atomic E-state index is 13.2. The number of thiazole rings is 1. The number of aliphatic hydroxyl groups excluding tert-OH is 1. The van der Waals surface area contributed by atoms with Crippen LogP contribution in [0.2, 0.25) is 0 Å². The molecule has 0 aromatic carbocycles. The van der Waals surface area contributed by atoms with Crippen molar-refractivity contribution in [3.8, 4) is 0 Å². The van der Waals surface area contributed by atoms with Crippen molar-refractivity contribution in [2.24, 2.45) is 0 Å². The summed E-state index contributed by atoms with van der Waals surface area (Å²) in [5.41, 5.74) is -0.450. The van der Waals surface area contributed by atoms with Gasteiger partial charge in [-0.3, -0.25) is 4.90 Å². The number of rotatable bonds is 6. The van der Waals surface area contributed by atoms with Crippen LogP contribution in [0.1, 0.15) is 25.8 Å². The number of fused-ring (bicyclic) bond motifs is 2. The van der Waals surface area contributed by atoms with Gasteiger partial charge in [-0.15, -0.1) is 11.3 Å². The van der Waals surface area contributed by atoms with Crippen molar-refractivity contribution >= 4 is 27.3 Å². The lowest BCUT2D eigenvalue weighted by molar-refractivity contribution is -0.0345. The van der Waals surface area contributed by atoms with Gasteiger partial charge in [0, 0.05) is 61.8 Å². The van der Waals surface area contributed by atoms with Crippen molar-refractivity contribution in [1.82, 2.24) is 24.2 Å². The van der Waals surface area contributed by atoms with E-state index in [1.165, 1.54) is 10.5 Å². The Morgan fingerprint density at radius 1 is 1.21 bits per heavy atom. The number of nitrogens with zero attached hydrogens (tertiary/aromatic N) is 6. The van der Waals surface area contributed by atoms with E-state index < -0.39 is 21.7 Å². The molecule has 4 atom stereocenters. The zero-order valence-corrected chi connectivity index (χ0v) is 20.8. The molecule has 2 aromatic heterocycles. The SMILES string of the molecule is CC(C)(O)c1cnc(N2CCN(S(=O)(=O)c3nccs3)C[C@@H]2CN2C3COCC2C(O)C3)nc1. The van der Waals surface area contributed by atoms with Gasteiger partial charge in [-0.2, -0.15) is 4.31 Å². The molecular formula is C21H30N6O5S2. The maximum Gasteiger partial charge on any atom is 0.270 e. The van der Waals surface area contributed by atoms with Crippen LogP contribution in [0.5, 0.6) is 0 Å². The van der Waals surface area contributed by atoms with Crippen molar-refractivity contribution < 1.29 is 23.4 Å². The van der Waals surface area contributed by atoms with Crippen molar-refractivity contribution in [1.29, 1.82) is 0 Å². The third kappa shape index (κ3) is 4.45. The van der Waals surface area contributed by atoms with Gasteiger partial charge in [0.2, 0.25) is 10.3 Å². The Hall–Kier alpha value is -1.74. The molecule has 11 nitrogen and oxygen atoms in total. The van der Waals surface area contributed by atoms with Gasteiger partial charge in [0.25, 0.3) is 10.0 Å². The lowest BCUT2D eigenvalue weighted by atomic mass is 10.0. The highest BCUT2D eigenvalue weighted by atomic mass is 32.2. The predicted molar refractivity (Wildman–Crippen MR) is 125 cm³/mol. The molecule has 3 saturated heterocycles. The first-order valence-electron chi connectivity index (χ1n) is 11.4. The largest absolute Gasteiger partial charge is 0.391 e. The molecule has 5 heterocycles. The molecule has 2 bridgehead atoms. The fraction of sp³-hybridized carbons (Fsp3) is 0.667. The minimum atomic E-state index is -3.70. The van der Waals surface area contributed by atoms with E-state index >= 15 is 0 Å². The van der Waals surface area contributed by atoms with Gasteiger partial charge in [0.1, 0.15) is 0 Å². The number of hydrogen-bond donors (Lipinski definition) is 2. The van der Waals surface area contributed by atoms with Crippen LogP contribution < -0.4 is 4.90 Å². The molecule has 2 aromatic rings. The molecule has 0 radical (unpaired) electrons. The molecule has 2 N–H and O–H groups in total. The van der Waals surface area contributed by atoms with Gasteiger partial charge < -0.3 is 19.8 Å². The molecule has 34 heavy (non-hydrogen) atoms. The minimum Gasteiger partial charge on any atom is -0.391 e. The van der Waals surface area contributed by atoms with Crippen LogP contribution in [0.4, 0.5) is 5.95 Å². The second-order valence-corrected chi connectivity index (χ2v) is 12.6. The number of morpholine rings is 1. The molecule has 3 aliphatic heterocycles. The predicted octanol–water partition coefficient (Wildman–Crippen LogP) is -0.126. The number of sulfonamides is 1. The number of aliphatic hydroxyl groups is 2. The highest BCUT2D eigenvalue weighted by Crippen LogP contribution is 2.32. The highest BCUT2D eigenvalue weighted by Gasteiger charge is 2.46. The highest BCUT2D eigenvalue weighted by molar-refractivity contribution is 7.91. The summed E-state index contributed by atoms with van der Waals surface area (Å²) in [5, 5.41) is 22.4. The van der Waals surface area contributed by atoms with E-state index in [1.807, 2.05) is 4.90 Å². The summed E-state index contributed by atoms with van der Waals surface area (Å²) < 4.78 is 33.6. The lowest BCUT2D eigenvalue weighted by Gasteiger charge is -2.44. The van der Waals surface area contributed by atoms with Crippen LogP contribution in [-0.4, -0.2) is 106 Å². The smallest absolute Gasteiger partial charge is 0.270 e. The topological polar surface area (TPSA) is 132 Å². The molecule has 3 fully saturated rings. The quantitative estimate of drug-likeness (QED) is 0.542. The molecule has 0 amide bonds. The maximum atomic E-state index is 13.2. The number of hydrogen-bond acceptors (Lipinski definition) is 11. The van der Waals surface area contributed by atoms with Crippen molar-refractivity contribution in [2.45, 2.75) is 54.4 Å². The third-order valence-corrected chi connectivity index (χ3v) is 9.93. The number of ether oxygens (including phenoxy) is 1. The summed E-state index contributed by atoms with van der Waals surface area (Å²) >= 11 is 1.11. The molecule has 13 heteroatoms. The summed E-state index contributed by atoms with van der Waals surface area (Å²) in [6, 6.07) is -0.241. The van der Waals surface area contributed by atoms with Gasteiger partial charge in [-0.1, -0.05) is 0 Å². The van der Waals surface area contributed by atoms with E-state index in [2.05, 4.69) is 19.9 Å². The fourth-order valence-corrected chi connectivity index (χ4v) is 7.42. The first-order chi connectivity index (χ1) is 16.1. The van der Waals surface area contributed by atoms with Crippen LogP contribution in [0.15, 0.2) is 28.3 Å². The Morgan fingerprint density at radius 3 is 2.62 bits per heavy atom. The average molecular weight is 511 g/mol. The summed E-state index contributed by atoms with van der Waals surface area (Å²) in [6.07, 6.45) is 4.91. The fourth-order valence-electron chi connectivity index (χ4n) is 4.98. The van der Waals surface area contributed by atoms with E-state index in [1.54, 1.807) is 31.6 Å². The summed E-state index contributed by atoms with van der Waals surface area (Å²) in [6.45, 7) is 5.88. The van der Waals surface area contributed by atoms with Crippen LogP contribution in [0, 0.1) is 0 Å². The Balaban J connectivity index is 1.42. The number of piperazine rings is 1. The Kier molecular flexibility index (Phi) is 6.38. The molecule has 0 spiro atoms. The Morgan fingerprint density at radius 2 is 1.97 bits per heavy atom. The number of aromatic nitrogens is 3. The van der Waals surface area contributed by atoms with E-state index in [9.17, 15) is 18.6 Å². The zero-order valence-electron chi connectivity index (χ0n) is 19.2. The van der Waals surface area contributed by atoms with Gasteiger partial charge in [0.15, 0.2) is 0 Å². The third-order valence-electron chi connectivity index (χ3n) is 6.89.